The summed E-state index contributed by atoms with van der Waals surface area (Å²) in [6.07, 6.45) is 1.64. The Morgan fingerprint density at radius 3 is 2.68 bits per heavy atom. The van der Waals surface area contributed by atoms with Gasteiger partial charge in [0, 0.05) is 19.2 Å². The van der Waals surface area contributed by atoms with Gasteiger partial charge in [0.15, 0.2) is 0 Å². The molecule has 0 bridgehead atoms. The fourth-order valence-electron chi connectivity index (χ4n) is 3.19. The molecule has 2 heterocycles. The van der Waals surface area contributed by atoms with Crippen LogP contribution in [0.5, 0.6) is 6.01 Å². The van der Waals surface area contributed by atoms with Gasteiger partial charge in [0.05, 0.1) is 36.4 Å². The lowest BCUT2D eigenvalue weighted by Gasteiger charge is -2.28. The van der Waals surface area contributed by atoms with Gasteiger partial charge in [-0.05, 0) is 36.8 Å². The molecule has 3 aromatic rings. The van der Waals surface area contributed by atoms with Crippen molar-refractivity contribution in [2.75, 3.05) is 43.2 Å². The van der Waals surface area contributed by atoms with Crippen LogP contribution in [0, 0.1) is 0 Å². The number of aromatic nitrogens is 2. The number of anilines is 2. The number of hydrogen-bond acceptors (Lipinski definition) is 8. The van der Waals surface area contributed by atoms with Gasteiger partial charge in [0.2, 0.25) is 0 Å². The van der Waals surface area contributed by atoms with Crippen LogP contribution in [0.2, 0.25) is 0 Å². The first kappa shape index (κ1) is 21.0. The smallest absolute Gasteiger partial charge is 0.319 e. The van der Waals surface area contributed by atoms with Crippen LogP contribution in [0.25, 0.3) is 10.8 Å². The van der Waals surface area contributed by atoms with Gasteiger partial charge in [-0.3, -0.25) is 5.43 Å². The topological polar surface area (TPSA) is 92.1 Å². The van der Waals surface area contributed by atoms with Crippen molar-refractivity contribution in [1.82, 2.24) is 9.97 Å². The summed E-state index contributed by atoms with van der Waals surface area (Å²) >= 11 is 0. The molecule has 0 atom stereocenters. The highest BCUT2D eigenvalue weighted by molar-refractivity contribution is 5.86. The zero-order valence-corrected chi connectivity index (χ0v) is 17.8. The van der Waals surface area contributed by atoms with Gasteiger partial charge in [-0.1, -0.05) is 30.3 Å². The SMILES string of the molecule is CC(C)(O)COc1nc(C=NNc2ccc3ccccc3c2)cc(N2CCOCC2)n1. The summed E-state index contributed by atoms with van der Waals surface area (Å²) in [4.78, 5) is 11.0. The van der Waals surface area contributed by atoms with Crippen molar-refractivity contribution in [3.63, 3.8) is 0 Å². The van der Waals surface area contributed by atoms with E-state index in [0.29, 0.717) is 18.9 Å². The van der Waals surface area contributed by atoms with Gasteiger partial charge in [-0.25, -0.2) is 0 Å². The average molecular weight is 422 g/mol. The highest BCUT2D eigenvalue weighted by Crippen LogP contribution is 2.20. The second-order valence-corrected chi connectivity index (χ2v) is 8.07. The second kappa shape index (κ2) is 9.28. The molecule has 4 rings (SSSR count). The summed E-state index contributed by atoms with van der Waals surface area (Å²) < 4.78 is 11.1. The Hall–Kier alpha value is -3.23. The van der Waals surface area contributed by atoms with Crippen molar-refractivity contribution < 1.29 is 14.6 Å². The maximum Gasteiger partial charge on any atom is 0.319 e. The molecular weight excluding hydrogens is 394 g/mol. The standard InChI is InChI=1S/C23H27N5O3/c1-23(2,29)16-31-22-25-20(14-21(26-22)28-9-11-30-12-10-28)15-24-27-19-8-7-17-5-3-4-6-18(17)13-19/h3-8,13-15,27,29H,9-12,16H2,1-2H3. The summed E-state index contributed by atoms with van der Waals surface area (Å²) in [6, 6.07) is 16.3. The van der Waals surface area contributed by atoms with Gasteiger partial charge in [0.1, 0.15) is 12.4 Å². The maximum atomic E-state index is 9.97. The third kappa shape index (κ3) is 5.90. The molecule has 1 saturated heterocycles. The molecule has 8 nitrogen and oxygen atoms in total. The number of hydrazone groups is 1. The van der Waals surface area contributed by atoms with E-state index in [4.69, 9.17) is 9.47 Å². The summed E-state index contributed by atoms with van der Waals surface area (Å²) in [5.41, 5.74) is 3.56. The number of nitrogens with one attached hydrogen (secondary N) is 1. The molecule has 0 aliphatic carbocycles. The number of morpholine rings is 1. The van der Waals surface area contributed by atoms with E-state index < -0.39 is 5.60 Å². The van der Waals surface area contributed by atoms with Crippen LogP contribution in [0.3, 0.4) is 0 Å². The van der Waals surface area contributed by atoms with Crippen molar-refractivity contribution in [1.29, 1.82) is 0 Å². The molecule has 162 valence electrons. The number of fused-ring (bicyclic) bond motifs is 1. The minimum Gasteiger partial charge on any atom is -0.460 e. The van der Waals surface area contributed by atoms with Crippen LogP contribution >= 0.6 is 0 Å². The van der Waals surface area contributed by atoms with Gasteiger partial charge in [0.25, 0.3) is 0 Å². The molecule has 2 N–H and O–H groups in total. The highest BCUT2D eigenvalue weighted by atomic mass is 16.5. The van der Waals surface area contributed by atoms with E-state index in [1.54, 1.807) is 20.1 Å². The van der Waals surface area contributed by atoms with E-state index in [9.17, 15) is 5.11 Å². The molecule has 2 aromatic carbocycles. The first-order valence-electron chi connectivity index (χ1n) is 10.3. The predicted molar refractivity (Wildman–Crippen MR) is 122 cm³/mol. The van der Waals surface area contributed by atoms with Crippen LogP contribution in [0.15, 0.2) is 53.6 Å². The summed E-state index contributed by atoms with van der Waals surface area (Å²) in [6.45, 7) is 6.23. The number of ether oxygens (including phenoxy) is 2. The Morgan fingerprint density at radius 2 is 1.90 bits per heavy atom. The van der Waals surface area contributed by atoms with Crippen molar-refractivity contribution >= 4 is 28.5 Å². The number of benzene rings is 2. The van der Waals surface area contributed by atoms with Crippen LogP contribution in [0.4, 0.5) is 11.5 Å². The summed E-state index contributed by atoms with van der Waals surface area (Å²) in [7, 11) is 0. The third-order valence-corrected chi connectivity index (χ3v) is 4.74. The van der Waals surface area contributed by atoms with Crippen LogP contribution in [-0.4, -0.2) is 59.8 Å². The second-order valence-electron chi connectivity index (χ2n) is 8.07. The maximum absolute atomic E-state index is 9.97. The molecule has 8 heteroatoms. The number of rotatable bonds is 7. The Labute approximate surface area is 181 Å². The zero-order chi connectivity index (χ0) is 21.7. The number of hydrogen-bond donors (Lipinski definition) is 2. The average Bonchev–Trinajstić information content (AvgIpc) is 2.78. The molecule has 31 heavy (non-hydrogen) atoms. The quantitative estimate of drug-likeness (QED) is 0.447. The molecule has 0 spiro atoms. The summed E-state index contributed by atoms with van der Waals surface area (Å²) in [5.74, 6) is 0.746. The molecular formula is C23H27N5O3. The minimum atomic E-state index is -0.982. The van der Waals surface area contributed by atoms with Gasteiger partial charge in [-0.2, -0.15) is 15.1 Å². The summed E-state index contributed by atoms with van der Waals surface area (Å²) in [5, 5.41) is 16.6. The van der Waals surface area contributed by atoms with Gasteiger partial charge in [-0.15, -0.1) is 0 Å². The Morgan fingerprint density at radius 1 is 1.13 bits per heavy atom. The monoisotopic (exact) mass is 421 g/mol. The van der Waals surface area contributed by atoms with Crippen molar-refractivity contribution in [2.45, 2.75) is 19.4 Å². The van der Waals surface area contributed by atoms with Crippen molar-refractivity contribution in [3.8, 4) is 6.01 Å². The van der Waals surface area contributed by atoms with Crippen LogP contribution in [0.1, 0.15) is 19.5 Å². The molecule has 0 unspecified atom stereocenters. The minimum absolute atomic E-state index is 0.0888. The predicted octanol–water partition coefficient (Wildman–Crippen LogP) is 3.06. The zero-order valence-electron chi connectivity index (χ0n) is 17.8. The first-order chi connectivity index (χ1) is 15.0. The molecule has 0 amide bonds. The fourth-order valence-corrected chi connectivity index (χ4v) is 3.19. The van der Waals surface area contributed by atoms with Gasteiger partial charge < -0.3 is 19.5 Å². The van der Waals surface area contributed by atoms with Crippen molar-refractivity contribution in [2.24, 2.45) is 5.10 Å². The largest absolute Gasteiger partial charge is 0.460 e. The third-order valence-electron chi connectivity index (χ3n) is 4.74. The van der Waals surface area contributed by atoms with E-state index in [-0.39, 0.29) is 12.6 Å². The van der Waals surface area contributed by atoms with Crippen LogP contribution in [-0.2, 0) is 4.74 Å². The Balaban J connectivity index is 1.53. The highest BCUT2D eigenvalue weighted by Gasteiger charge is 2.18. The number of aliphatic hydroxyl groups is 1. The number of nitrogens with zero attached hydrogens (tertiary/aromatic N) is 4. The van der Waals surface area contributed by atoms with Crippen molar-refractivity contribution in [3.05, 3.63) is 54.2 Å². The molecule has 1 aliphatic rings. The van der Waals surface area contributed by atoms with E-state index in [2.05, 4.69) is 43.6 Å². The molecule has 0 radical (unpaired) electrons. The fraction of sp³-hybridized carbons (Fsp3) is 0.348. The molecule has 1 aromatic heterocycles. The Kier molecular flexibility index (Phi) is 6.29. The lowest BCUT2D eigenvalue weighted by Crippen LogP contribution is -2.37. The lowest BCUT2D eigenvalue weighted by molar-refractivity contribution is 0.0250. The molecule has 1 aliphatic heterocycles. The van der Waals surface area contributed by atoms with Gasteiger partial charge >= 0.3 is 6.01 Å². The molecule has 1 fully saturated rings. The molecule has 0 saturated carbocycles. The van der Waals surface area contributed by atoms with E-state index in [1.807, 2.05) is 30.3 Å². The van der Waals surface area contributed by atoms with E-state index in [1.165, 1.54) is 5.39 Å². The lowest BCUT2D eigenvalue weighted by atomic mass is 10.1. The first-order valence-corrected chi connectivity index (χ1v) is 10.3. The van der Waals surface area contributed by atoms with Crippen LogP contribution < -0.4 is 15.1 Å². The Bertz CT molecular complexity index is 1060. The van der Waals surface area contributed by atoms with E-state index >= 15 is 0 Å². The normalized spacial score (nSPS) is 14.9. The van der Waals surface area contributed by atoms with E-state index in [0.717, 1.165) is 30.0 Å².